The number of benzene rings is 1. The number of nitrogens with zero attached hydrogens (tertiary/aromatic N) is 4. The van der Waals surface area contributed by atoms with Crippen LogP contribution in [0.3, 0.4) is 0 Å². The maximum absolute atomic E-state index is 14.8. The molecule has 0 bridgehead atoms. The molecule has 34 heavy (non-hydrogen) atoms. The molecule has 1 aliphatic rings. The first kappa shape index (κ1) is 27.0. The summed E-state index contributed by atoms with van der Waals surface area (Å²) in [6.45, 7) is 8.54. The van der Waals surface area contributed by atoms with Crippen LogP contribution in [-0.2, 0) is 15.6 Å². The predicted molar refractivity (Wildman–Crippen MR) is 126 cm³/mol. The van der Waals surface area contributed by atoms with Crippen LogP contribution in [0.15, 0.2) is 41.7 Å². The van der Waals surface area contributed by atoms with Crippen LogP contribution >= 0.6 is 0 Å². The van der Waals surface area contributed by atoms with E-state index in [1.165, 1.54) is 33.2 Å². The van der Waals surface area contributed by atoms with Gasteiger partial charge in [0.25, 0.3) is 0 Å². The molecule has 7 nitrogen and oxygen atoms in total. The molecule has 0 fully saturated rings. The smallest absolute Gasteiger partial charge is 0.238 e. The van der Waals surface area contributed by atoms with E-state index in [0.717, 1.165) is 28.2 Å². The second-order valence-electron chi connectivity index (χ2n) is 8.00. The molecule has 0 unspecified atom stereocenters. The lowest BCUT2D eigenvalue weighted by molar-refractivity contribution is 0.337. The van der Waals surface area contributed by atoms with E-state index < -0.39 is 38.8 Å². The van der Waals surface area contributed by atoms with Crippen LogP contribution in [0, 0.1) is 11.6 Å². The molecule has 0 saturated heterocycles. The van der Waals surface area contributed by atoms with Gasteiger partial charge in [-0.1, -0.05) is 14.0 Å². The average molecular weight is 497 g/mol. The lowest BCUT2D eigenvalue weighted by Gasteiger charge is -2.35. The quantitative estimate of drug-likeness (QED) is 0.540. The second kappa shape index (κ2) is 9.96. The monoisotopic (exact) mass is 496 g/mol. The topological polar surface area (TPSA) is 84.8 Å². The van der Waals surface area contributed by atoms with Gasteiger partial charge in [0, 0.05) is 12.6 Å². The highest BCUT2D eigenvalue weighted by Crippen LogP contribution is 2.36. The van der Waals surface area contributed by atoms with Crippen LogP contribution in [-0.4, -0.2) is 47.9 Å². The van der Waals surface area contributed by atoms with Crippen molar-refractivity contribution in [3.63, 3.8) is 0 Å². The Hall–Kier alpha value is -3.21. The lowest BCUT2D eigenvalue weighted by Crippen LogP contribution is -2.46. The van der Waals surface area contributed by atoms with Crippen molar-refractivity contribution in [1.29, 1.82) is 0 Å². The zero-order valence-corrected chi connectivity index (χ0v) is 19.4. The average Bonchev–Trinajstić information content (AvgIpc) is 2.72. The summed E-state index contributed by atoms with van der Waals surface area (Å²) in [5.74, 6) is -3.63. The van der Waals surface area contributed by atoms with E-state index in [9.17, 15) is 21.6 Å². The van der Waals surface area contributed by atoms with Crippen molar-refractivity contribution in [2.75, 3.05) is 19.4 Å². The molecule has 1 aliphatic heterocycles. The minimum Gasteiger partial charge on any atom is -0.472 e. The second-order valence-corrected chi connectivity index (χ2v) is 10.00. The van der Waals surface area contributed by atoms with Crippen LogP contribution in [0.5, 0.6) is 5.88 Å². The van der Waals surface area contributed by atoms with Crippen molar-refractivity contribution >= 4 is 27.8 Å². The molecule has 2 heterocycles. The third-order valence-corrected chi connectivity index (χ3v) is 7.03. The number of ether oxygens (including phenoxy) is 1. The number of aliphatic imine (C=N–C) groups is 1. The van der Waals surface area contributed by atoms with Crippen LogP contribution in [0.1, 0.15) is 45.0 Å². The molecular weight excluding hydrogens is 469 g/mol. The summed E-state index contributed by atoms with van der Waals surface area (Å²) in [5.41, 5.74) is -1.30. The molecule has 0 aliphatic carbocycles. The van der Waals surface area contributed by atoms with Gasteiger partial charge in [-0.3, -0.25) is 9.30 Å². The first-order valence-corrected chi connectivity index (χ1v) is 11.4. The van der Waals surface area contributed by atoms with Crippen molar-refractivity contribution in [3.8, 4) is 5.88 Å². The third-order valence-electron chi connectivity index (χ3n) is 5.01. The van der Waals surface area contributed by atoms with Gasteiger partial charge in [-0.2, -0.15) is 0 Å². The summed E-state index contributed by atoms with van der Waals surface area (Å²) in [6, 6.07) is 1.98. The van der Waals surface area contributed by atoms with Gasteiger partial charge in [-0.15, -0.1) is 0 Å². The number of sulfonamides is 1. The fraction of sp³-hybridized carbons (Fsp3) is 0.348. The van der Waals surface area contributed by atoms with Gasteiger partial charge in [-0.05, 0) is 50.1 Å². The highest BCUT2D eigenvalue weighted by Gasteiger charge is 2.41. The van der Waals surface area contributed by atoms with Crippen LogP contribution in [0.2, 0.25) is 0 Å². The van der Waals surface area contributed by atoms with E-state index in [2.05, 4.69) is 21.5 Å². The summed E-state index contributed by atoms with van der Waals surface area (Å²) in [4.78, 5) is 12.2. The summed E-state index contributed by atoms with van der Waals surface area (Å²) >= 11 is 0. The zero-order chi connectivity index (χ0) is 24.6. The molecule has 0 amide bonds. The molecular formula is C23H27F3N4O3S. The standard InChI is InChI=1S/C22H23F3N4O3S.CH4/c1-13(2)11-32-20-10-26-19(9-27-20)17(23)7-15-6-16(21(25)18(24)8-15)22(4)12-33(30,31)29(5)14(3)28-22;/h6-10H,1,11-12H2,2-5H3;1H4/b17-7-;/t22-;/m0./s1. The first-order chi connectivity index (χ1) is 15.3. The molecule has 1 aromatic carbocycles. The van der Waals surface area contributed by atoms with Crippen molar-refractivity contribution < 1.29 is 26.3 Å². The Kier molecular flexibility index (Phi) is 7.92. The molecule has 3 rings (SSSR count). The van der Waals surface area contributed by atoms with Crippen molar-refractivity contribution in [2.24, 2.45) is 4.99 Å². The zero-order valence-electron chi connectivity index (χ0n) is 18.6. The van der Waals surface area contributed by atoms with Gasteiger partial charge in [0.1, 0.15) is 23.7 Å². The summed E-state index contributed by atoms with van der Waals surface area (Å²) in [7, 11) is -2.47. The molecule has 0 radical (unpaired) electrons. The van der Waals surface area contributed by atoms with E-state index in [1.807, 2.05) is 0 Å². The predicted octanol–water partition coefficient (Wildman–Crippen LogP) is 4.72. The van der Waals surface area contributed by atoms with Gasteiger partial charge < -0.3 is 4.74 Å². The van der Waals surface area contributed by atoms with E-state index in [0.29, 0.717) is 0 Å². The van der Waals surface area contributed by atoms with Gasteiger partial charge in [-0.25, -0.2) is 31.6 Å². The van der Waals surface area contributed by atoms with Gasteiger partial charge in [0.2, 0.25) is 15.9 Å². The SMILES string of the molecule is C.C=C(C)COc1cnc(/C(F)=C/c2cc(F)c(F)c([C@]3(C)CS(=O)(=O)N(C)C(C)=N3)c2)cn1. The summed E-state index contributed by atoms with van der Waals surface area (Å²) in [5, 5.41) is 0. The Labute approximate surface area is 197 Å². The third kappa shape index (κ3) is 5.64. The summed E-state index contributed by atoms with van der Waals surface area (Å²) in [6.07, 6.45) is 3.32. The van der Waals surface area contributed by atoms with Crippen molar-refractivity contribution in [1.82, 2.24) is 14.3 Å². The fourth-order valence-electron chi connectivity index (χ4n) is 3.27. The molecule has 0 saturated carbocycles. The van der Waals surface area contributed by atoms with Gasteiger partial charge >= 0.3 is 0 Å². The minimum atomic E-state index is -3.80. The van der Waals surface area contributed by atoms with Crippen molar-refractivity contribution in [3.05, 3.63) is 65.1 Å². The van der Waals surface area contributed by atoms with E-state index in [-0.39, 0.29) is 42.6 Å². The lowest BCUT2D eigenvalue weighted by atomic mass is 9.92. The first-order valence-electron chi connectivity index (χ1n) is 9.82. The number of hydrogen-bond acceptors (Lipinski definition) is 6. The molecule has 1 aromatic heterocycles. The van der Waals surface area contributed by atoms with Crippen molar-refractivity contribution in [2.45, 2.75) is 33.7 Å². The number of halogens is 3. The van der Waals surface area contributed by atoms with E-state index in [1.54, 1.807) is 6.92 Å². The van der Waals surface area contributed by atoms with Gasteiger partial charge in [0.05, 0.1) is 18.1 Å². The normalized spacial score (nSPS) is 19.8. The molecule has 2 aromatic rings. The maximum Gasteiger partial charge on any atom is 0.238 e. The Morgan fingerprint density at radius 3 is 2.53 bits per heavy atom. The Bertz CT molecular complexity index is 1260. The number of rotatable bonds is 6. The molecule has 0 N–H and O–H groups in total. The fourth-order valence-corrected chi connectivity index (χ4v) is 4.84. The molecule has 11 heteroatoms. The Morgan fingerprint density at radius 2 is 1.97 bits per heavy atom. The maximum atomic E-state index is 14.8. The van der Waals surface area contributed by atoms with E-state index in [4.69, 9.17) is 4.74 Å². The Morgan fingerprint density at radius 1 is 1.29 bits per heavy atom. The molecule has 0 spiro atoms. The van der Waals surface area contributed by atoms with Crippen LogP contribution in [0.25, 0.3) is 11.9 Å². The number of hydrogen-bond donors (Lipinski definition) is 0. The minimum absolute atomic E-state index is 0. The highest BCUT2D eigenvalue weighted by molar-refractivity contribution is 7.89. The summed E-state index contributed by atoms with van der Waals surface area (Å²) < 4.78 is 75.1. The number of amidine groups is 1. The van der Waals surface area contributed by atoms with Crippen LogP contribution in [0.4, 0.5) is 13.2 Å². The van der Waals surface area contributed by atoms with Gasteiger partial charge in [0.15, 0.2) is 17.5 Å². The van der Waals surface area contributed by atoms with E-state index >= 15 is 0 Å². The van der Waals surface area contributed by atoms with Crippen LogP contribution < -0.4 is 4.74 Å². The molecule has 1 atom stereocenters. The molecule has 184 valence electrons. The Balaban J connectivity index is 0.00000408. The largest absolute Gasteiger partial charge is 0.472 e. The highest BCUT2D eigenvalue weighted by atomic mass is 32.2. The number of aromatic nitrogens is 2.